The maximum Gasteiger partial charge on any atom is 0.407 e. The normalized spacial score (nSPS) is 33.8. The van der Waals surface area contributed by atoms with Crippen molar-refractivity contribution < 1.29 is 28.5 Å². The molecule has 0 radical (unpaired) electrons. The number of nitrogens with one attached hydrogen (secondary N) is 2. The van der Waals surface area contributed by atoms with Crippen LogP contribution in [0.25, 0.3) is 0 Å². The number of amides is 2. The largest absolute Gasteiger partial charge is 0.443 e. The van der Waals surface area contributed by atoms with Gasteiger partial charge in [0.15, 0.2) is 0 Å². The van der Waals surface area contributed by atoms with Gasteiger partial charge in [0, 0.05) is 26.6 Å². The van der Waals surface area contributed by atoms with E-state index in [1.807, 2.05) is 6.92 Å². The maximum absolute atomic E-state index is 12.5. The summed E-state index contributed by atoms with van der Waals surface area (Å²) in [4.78, 5) is 23.7. The van der Waals surface area contributed by atoms with Crippen LogP contribution in [-0.2, 0) is 23.7 Å². The Kier molecular flexibility index (Phi) is 9.41. The minimum Gasteiger partial charge on any atom is -0.443 e. The van der Waals surface area contributed by atoms with Crippen LogP contribution in [0.15, 0.2) is 11.6 Å². The highest BCUT2D eigenvalue weighted by molar-refractivity contribution is 5.75. The fraction of sp³-hybridized carbons (Fsp3) is 0.846. The minimum absolute atomic E-state index is 0.0281. The molecule has 1 spiro atoms. The Labute approximate surface area is 204 Å². The molecule has 2 heterocycles. The van der Waals surface area contributed by atoms with Gasteiger partial charge in [-0.05, 0) is 52.9 Å². The summed E-state index contributed by atoms with van der Waals surface area (Å²) in [7, 11) is 1.69. The van der Waals surface area contributed by atoms with Crippen molar-refractivity contribution in [3.05, 3.63) is 11.6 Å². The van der Waals surface area contributed by atoms with Crippen LogP contribution in [0.3, 0.4) is 0 Å². The monoisotopic (exact) mass is 480 g/mol. The van der Waals surface area contributed by atoms with Gasteiger partial charge in [0.1, 0.15) is 23.4 Å². The highest BCUT2D eigenvalue weighted by Crippen LogP contribution is 2.59. The molecule has 0 bridgehead atoms. The standard InChI is InChI=1S/C26H44N2O6/c1-6-21(29)27-15-9-7-8-10-16-28-24(30)33-19-13-14-26(17-32-26)23(22(19)31-5)25(4)20(34-25)12-11-18(2)3/h11,19-20,22-23H,6-10,12-17H2,1-5H3,(H,27,29)(H,28,30)/t19?,20-,22?,23?,25-,26+/m1/s1. The van der Waals surface area contributed by atoms with Crippen molar-refractivity contribution in [2.24, 2.45) is 5.92 Å². The fourth-order valence-electron chi connectivity index (χ4n) is 5.40. The second kappa shape index (κ2) is 11.9. The van der Waals surface area contributed by atoms with E-state index in [9.17, 15) is 9.59 Å². The van der Waals surface area contributed by atoms with E-state index in [4.69, 9.17) is 18.9 Å². The number of hydrogen-bond acceptors (Lipinski definition) is 6. The summed E-state index contributed by atoms with van der Waals surface area (Å²) in [6, 6.07) is 0. The van der Waals surface area contributed by atoms with Gasteiger partial charge in [0.25, 0.3) is 0 Å². The molecule has 6 atom stereocenters. The fourth-order valence-corrected chi connectivity index (χ4v) is 5.40. The molecule has 1 aliphatic carbocycles. The Morgan fingerprint density at radius 3 is 2.38 bits per heavy atom. The lowest BCUT2D eigenvalue weighted by molar-refractivity contribution is -0.120. The van der Waals surface area contributed by atoms with E-state index < -0.39 is 6.09 Å². The first-order valence-electron chi connectivity index (χ1n) is 12.9. The molecule has 2 aliphatic heterocycles. The first-order chi connectivity index (χ1) is 16.3. The van der Waals surface area contributed by atoms with Crippen molar-refractivity contribution in [3.63, 3.8) is 0 Å². The van der Waals surface area contributed by atoms with Gasteiger partial charge in [-0.3, -0.25) is 4.79 Å². The molecule has 0 aromatic rings. The lowest BCUT2D eigenvalue weighted by Gasteiger charge is -2.42. The van der Waals surface area contributed by atoms with E-state index in [2.05, 4.69) is 37.5 Å². The van der Waals surface area contributed by atoms with Gasteiger partial charge in [-0.15, -0.1) is 0 Å². The van der Waals surface area contributed by atoms with E-state index >= 15 is 0 Å². The zero-order valence-corrected chi connectivity index (χ0v) is 21.6. The third-order valence-electron chi connectivity index (χ3n) is 7.51. The van der Waals surface area contributed by atoms with Gasteiger partial charge >= 0.3 is 6.09 Å². The molecule has 2 N–H and O–H groups in total. The topological polar surface area (TPSA) is 102 Å². The lowest BCUT2D eigenvalue weighted by Crippen LogP contribution is -2.56. The Morgan fingerprint density at radius 2 is 1.79 bits per heavy atom. The van der Waals surface area contributed by atoms with Gasteiger partial charge in [-0.25, -0.2) is 4.79 Å². The van der Waals surface area contributed by atoms with Crippen molar-refractivity contribution in [1.82, 2.24) is 10.6 Å². The molecule has 194 valence electrons. The number of ether oxygens (including phenoxy) is 4. The van der Waals surface area contributed by atoms with Crippen LogP contribution in [-0.4, -0.2) is 68.3 Å². The number of allylic oxidation sites excluding steroid dienone is 1. The smallest absolute Gasteiger partial charge is 0.407 e. The minimum atomic E-state index is -0.392. The summed E-state index contributed by atoms with van der Waals surface area (Å²) < 4.78 is 23.9. The summed E-state index contributed by atoms with van der Waals surface area (Å²) >= 11 is 0. The summed E-state index contributed by atoms with van der Waals surface area (Å²) in [5.74, 6) is 0.119. The summed E-state index contributed by atoms with van der Waals surface area (Å²) in [5, 5.41) is 5.76. The van der Waals surface area contributed by atoms with Crippen LogP contribution in [0.4, 0.5) is 4.79 Å². The molecule has 2 saturated heterocycles. The summed E-state index contributed by atoms with van der Waals surface area (Å²) in [5.41, 5.74) is 0.726. The van der Waals surface area contributed by atoms with Crippen LogP contribution >= 0.6 is 0 Å². The van der Waals surface area contributed by atoms with Gasteiger partial charge in [-0.1, -0.05) is 31.4 Å². The van der Waals surface area contributed by atoms with Crippen LogP contribution in [0.1, 0.15) is 79.1 Å². The zero-order valence-electron chi connectivity index (χ0n) is 21.6. The van der Waals surface area contributed by atoms with Gasteiger partial charge in [-0.2, -0.15) is 0 Å². The Balaban J connectivity index is 1.43. The van der Waals surface area contributed by atoms with E-state index in [0.29, 0.717) is 26.1 Å². The van der Waals surface area contributed by atoms with Crippen LogP contribution in [0.2, 0.25) is 0 Å². The third kappa shape index (κ3) is 6.73. The van der Waals surface area contributed by atoms with E-state index in [1.54, 1.807) is 7.11 Å². The number of carbonyl (C=O) groups is 2. The van der Waals surface area contributed by atoms with Crippen molar-refractivity contribution in [1.29, 1.82) is 0 Å². The molecule has 8 heteroatoms. The van der Waals surface area contributed by atoms with Crippen molar-refractivity contribution >= 4 is 12.0 Å². The average molecular weight is 481 g/mol. The molecule has 0 aromatic carbocycles. The molecular weight excluding hydrogens is 436 g/mol. The molecule has 8 nitrogen and oxygen atoms in total. The molecule has 1 saturated carbocycles. The van der Waals surface area contributed by atoms with E-state index in [0.717, 1.165) is 44.9 Å². The average Bonchev–Trinajstić information content (AvgIpc) is 3.72. The van der Waals surface area contributed by atoms with Crippen LogP contribution < -0.4 is 10.6 Å². The Morgan fingerprint density at radius 1 is 1.12 bits per heavy atom. The highest BCUT2D eigenvalue weighted by atomic mass is 16.6. The quantitative estimate of drug-likeness (QED) is 0.236. The maximum atomic E-state index is 12.5. The Bertz CT molecular complexity index is 733. The number of methoxy groups -OCH3 is 1. The molecule has 3 rings (SSSR count). The zero-order chi connectivity index (χ0) is 24.8. The number of carbonyl (C=O) groups excluding carboxylic acids is 2. The SMILES string of the molecule is CCC(=O)NCCCCCCNC(=O)OC1CC[C@]2(CO2)C([C@]2(C)O[C@@H]2CC=C(C)C)C1OC. The van der Waals surface area contributed by atoms with Gasteiger partial charge in [0.2, 0.25) is 5.91 Å². The molecule has 3 unspecified atom stereocenters. The highest BCUT2D eigenvalue weighted by Gasteiger charge is 2.72. The first kappa shape index (κ1) is 27.0. The summed E-state index contributed by atoms with van der Waals surface area (Å²) in [6.07, 6.45) is 8.18. The van der Waals surface area contributed by atoms with Gasteiger partial charge < -0.3 is 29.6 Å². The Hall–Kier alpha value is -1.64. The van der Waals surface area contributed by atoms with Crippen molar-refractivity contribution in [3.8, 4) is 0 Å². The molecule has 34 heavy (non-hydrogen) atoms. The second-order valence-corrected chi connectivity index (χ2v) is 10.4. The molecule has 3 aliphatic rings. The molecule has 2 amide bonds. The van der Waals surface area contributed by atoms with E-state index in [-0.39, 0.29) is 41.3 Å². The van der Waals surface area contributed by atoms with Crippen LogP contribution in [0, 0.1) is 5.92 Å². The number of rotatable bonds is 13. The van der Waals surface area contributed by atoms with Crippen molar-refractivity contribution in [2.45, 2.75) is 109 Å². The lowest BCUT2D eigenvalue weighted by atomic mass is 9.68. The van der Waals surface area contributed by atoms with Crippen molar-refractivity contribution in [2.75, 3.05) is 26.8 Å². The van der Waals surface area contributed by atoms with Gasteiger partial charge in [0.05, 0.1) is 18.6 Å². The first-order valence-corrected chi connectivity index (χ1v) is 12.9. The predicted molar refractivity (Wildman–Crippen MR) is 130 cm³/mol. The van der Waals surface area contributed by atoms with Crippen LogP contribution in [0.5, 0.6) is 0 Å². The number of epoxide rings is 2. The molecular formula is C26H44N2O6. The number of alkyl carbamates (subject to hydrolysis) is 1. The molecule has 0 aromatic heterocycles. The second-order valence-electron chi connectivity index (χ2n) is 10.4. The number of hydrogen-bond donors (Lipinski definition) is 2. The number of unbranched alkanes of at least 4 members (excludes halogenated alkanes) is 3. The molecule has 3 fully saturated rings. The summed E-state index contributed by atoms with van der Waals surface area (Å²) in [6.45, 7) is 10.2. The predicted octanol–water partition coefficient (Wildman–Crippen LogP) is 3.88. The third-order valence-corrected chi connectivity index (χ3v) is 7.51. The van der Waals surface area contributed by atoms with E-state index in [1.165, 1.54) is 5.57 Å².